The van der Waals surface area contributed by atoms with Gasteiger partial charge < -0.3 is 25.4 Å². The van der Waals surface area contributed by atoms with Gasteiger partial charge in [-0.05, 0) is 30.3 Å². The molecule has 10 heteroatoms. The summed E-state index contributed by atoms with van der Waals surface area (Å²) < 4.78 is 10.5. The summed E-state index contributed by atoms with van der Waals surface area (Å²) in [6.07, 6.45) is 0. The first kappa shape index (κ1) is 20.1. The van der Waals surface area contributed by atoms with Crippen molar-refractivity contribution in [2.75, 3.05) is 43.1 Å². The predicted molar refractivity (Wildman–Crippen MR) is 105 cm³/mol. The van der Waals surface area contributed by atoms with E-state index in [0.717, 1.165) is 0 Å². The fourth-order valence-corrected chi connectivity index (χ4v) is 2.89. The molecule has 152 valence electrons. The zero-order valence-corrected chi connectivity index (χ0v) is 15.5. The molecule has 1 heterocycles. The van der Waals surface area contributed by atoms with E-state index < -0.39 is 16.7 Å². The molecule has 0 radical (unpaired) electrons. The van der Waals surface area contributed by atoms with Crippen LogP contribution in [-0.2, 0) is 9.53 Å². The highest BCUT2D eigenvalue weighted by molar-refractivity contribution is 6.08. The van der Waals surface area contributed by atoms with Gasteiger partial charge in [0.2, 0.25) is 0 Å². The minimum absolute atomic E-state index is 0.164. The maximum Gasteiger partial charge on any atom is 0.270 e. The van der Waals surface area contributed by atoms with Gasteiger partial charge in [0.25, 0.3) is 17.5 Å². The number of primary amides is 1. The number of non-ortho nitro benzene ring substituents is 1. The summed E-state index contributed by atoms with van der Waals surface area (Å²) >= 11 is 0. The molecule has 0 bridgehead atoms. The molecular weight excluding hydrogens is 380 g/mol. The average molecular weight is 400 g/mol. The largest absolute Gasteiger partial charge is 0.484 e. The lowest BCUT2D eigenvalue weighted by molar-refractivity contribution is -0.384. The Morgan fingerprint density at radius 1 is 1.17 bits per heavy atom. The van der Waals surface area contributed by atoms with E-state index >= 15 is 0 Å². The molecular formula is C19H20N4O6. The van der Waals surface area contributed by atoms with Crippen LogP contribution in [0.5, 0.6) is 5.75 Å². The van der Waals surface area contributed by atoms with E-state index in [2.05, 4.69) is 5.32 Å². The zero-order chi connectivity index (χ0) is 20.8. The standard InChI is InChI=1S/C19H20N4O6/c20-18(24)12-29-15-4-1-13(2-5-15)21-19(25)16-11-14(23(26)27)3-6-17(16)22-7-9-28-10-8-22/h1-6,11H,7-10,12H2,(H2,20,24)(H,21,25). The van der Waals surface area contributed by atoms with Crippen LogP contribution in [0, 0.1) is 10.1 Å². The lowest BCUT2D eigenvalue weighted by Crippen LogP contribution is -2.37. The monoisotopic (exact) mass is 400 g/mol. The number of nitro groups is 1. The Morgan fingerprint density at radius 3 is 2.48 bits per heavy atom. The molecule has 1 aliphatic heterocycles. The van der Waals surface area contributed by atoms with Gasteiger partial charge in [-0.25, -0.2) is 0 Å². The molecule has 0 aromatic heterocycles. The first-order valence-corrected chi connectivity index (χ1v) is 8.87. The molecule has 1 saturated heterocycles. The molecule has 0 spiro atoms. The first-order chi connectivity index (χ1) is 13.9. The number of carbonyl (C=O) groups excluding carboxylic acids is 2. The SMILES string of the molecule is NC(=O)COc1ccc(NC(=O)c2cc([N+](=O)[O-])ccc2N2CCOCC2)cc1. The fraction of sp³-hybridized carbons (Fsp3) is 0.263. The van der Waals surface area contributed by atoms with E-state index in [-0.39, 0.29) is 17.9 Å². The Balaban J connectivity index is 1.80. The van der Waals surface area contributed by atoms with E-state index in [1.165, 1.54) is 12.1 Å². The minimum atomic E-state index is -0.594. The van der Waals surface area contributed by atoms with Crippen molar-refractivity contribution in [1.82, 2.24) is 0 Å². The van der Waals surface area contributed by atoms with Crippen LogP contribution in [0.1, 0.15) is 10.4 Å². The van der Waals surface area contributed by atoms with Crippen molar-refractivity contribution in [3.8, 4) is 5.75 Å². The normalized spacial score (nSPS) is 13.6. The molecule has 1 aliphatic rings. The van der Waals surface area contributed by atoms with Crippen LogP contribution in [0.2, 0.25) is 0 Å². The van der Waals surface area contributed by atoms with Gasteiger partial charge in [-0.15, -0.1) is 0 Å². The quantitative estimate of drug-likeness (QED) is 0.531. The molecule has 0 saturated carbocycles. The lowest BCUT2D eigenvalue weighted by atomic mass is 10.1. The number of morpholine rings is 1. The number of nitrogens with two attached hydrogens (primary N) is 1. The van der Waals surface area contributed by atoms with Gasteiger partial charge in [0.1, 0.15) is 5.75 Å². The molecule has 0 atom stereocenters. The van der Waals surface area contributed by atoms with Crippen LogP contribution in [0.3, 0.4) is 0 Å². The van der Waals surface area contributed by atoms with Crippen LogP contribution in [-0.4, -0.2) is 49.6 Å². The third-order valence-corrected chi connectivity index (χ3v) is 4.28. The number of nitrogens with one attached hydrogen (secondary N) is 1. The highest BCUT2D eigenvalue weighted by Crippen LogP contribution is 2.27. The minimum Gasteiger partial charge on any atom is -0.484 e. The first-order valence-electron chi connectivity index (χ1n) is 8.87. The van der Waals surface area contributed by atoms with Crippen LogP contribution >= 0.6 is 0 Å². The molecule has 29 heavy (non-hydrogen) atoms. The number of rotatable bonds is 7. The number of nitrogens with zero attached hydrogens (tertiary/aromatic N) is 2. The van der Waals surface area contributed by atoms with Crippen LogP contribution in [0.4, 0.5) is 17.1 Å². The van der Waals surface area contributed by atoms with Crippen LogP contribution in [0.25, 0.3) is 0 Å². The van der Waals surface area contributed by atoms with Crippen LogP contribution in [0.15, 0.2) is 42.5 Å². The molecule has 10 nitrogen and oxygen atoms in total. The second kappa shape index (κ2) is 9.02. The van der Waals surface area contributed by atoms with Gasteiger partial charge in [0.15, 0.2) is 6.61 Å². The summed E-state index contributed by atoms with van der Waals surface area (Å²) in [5.74, 6) is -0.643. The number of amides is 2. The Hall–Kier alpha value is -3.66. The number of hydrogen-bond acceptors (Lipinski definition) is 7. The van der Waals surface area contributed by atoms with E-state index in [9.17, 15) is 19.7 Å². The number of benzene rings is 2. The fourth-order valence-electron chi connectivity index (χ4n) is 2.89. The Kier molecular flexibility index (Phi) is 6.25. The van der Waals surface area contributed by atoms with Gasteiger partial charge >= 0.3 is 0 Å². The average Bonchev–Trinajstić information content (AvgIpc) is 2.73. The summed E-state index contributed by atoms with van der Waals surface area (Å²) in [4.78, 5) is 36.2. The van der Waals surface area contributed by atoms with E-state index in [0.29, 0.717) is 43.4 Å². The lowest BCUT2D eigenvalue weighted by Gasteiger charge is -2.30. The van der Waals surface area contributed by atoms with Gasteiger partial charge in [0.05, 0.1) is 29.4 Å². The number of carbonyl (C=O) groups is 2. The van der Waals surface area contributed by atoms with Crippen molar-refractivity contribution in [2.45, 2.75) is 0 Å². The van der Waals surface area contributed by atoms with Crippen molar-refractivity contribution >= 4 is 28.9 Å². The smallest absolute Gasteiger partial charge is 0.270 e. The van der Waals surface area contributed by atoms with Crippen molar-refractivity contribution in [1.29, 1.82) is 0 Å². The van der Waals surface area contributed by atoms with Gasteiger partial charge in [-0.1, -0.05) is 0 Å². The third-order valence-electron chi connectivity index (χ3n) is 4.28. The maximum atomic E-state index is 12.9. The summed E-state index contributed by atoms with van der Waals surface area (Å²) in [5, 5.41) is 13.9. The molecule has 0 aliphatic carbocycles. The molecule has 2 aromatic carbocycles. The van der Waals surface area contributed by atoms with E-state index in [4.69, 9.17) is 15.2 Å². The molecule has 3 N–H and O–H groups in total. The Morgan fingerprint density at radius 2 is 1.86 bits per heavy atom. The number of ether oxygens (including phenoxy) is 2. The summed E-state index contributed by atoms with van der Waals surface area (Å²) in [5.41, 5.74) is 6.15. The highest BCUT2D eigenvalue weighted by Gasteiger charge is 2.22. The van der Waals surface area contributed by atoms with Crippen molar-refractivity contribution in [3.05, 3.63) is 58.1 Å². The number of nitro benzene ring substituents is 1. The van der Waals surface area contributed by atoms with E-state index in [1.807, 2.05) is 4.90 Å². The van der Waals surface area contributed by atoms with Crippen molar-refractivity contribution < 1.29 is 24.0 Å². The summed E-state index contributed by atoms with van der Waals surface area (Å²) in [6, 6.07) is 10.6. The van der Waals surface area contributed by atoms with E-state index in [1.54, 1.807) is 30.3 Å². The molecule has 1 fully saturated rings. The summed E-state index contributed by atoms with van der Waals surface area (Å²) in [7, 11) is 0. The topological polar surface area (TPSA) is 137 Å². The zero-order valence-electron chi connectivity index (χ0n) is 15.5. The summed E-state index contributed by atoms with van der Waals surface area (Å²) in [6.45, 7) is 1.96. The van der Waals surface area contributed by atoms with Crippen LogP contribution < -0.4 is 20.7 Å². The predicted octanol–water partition coefficient (Wildman–Crippen LogP) is 1.55. The second-order valence-corrected chi connectivity index (χ2v) is 6.29. The van der Waals surface area contributed by atoms with Gasteiger partial charge in [-0.2, -0.15) is 0 Å². The van der Waals surface area contributed by atoms with Gasteiger partial charge in [-0.3, -0.25) is 19.7 Å². The Bertz CT molecular complexity index is 909. The highest BCUT2D eigenvalue weighted by atomic mass is 16.6. The Labute approximate surface area is 166 Å². The number of anilines is 2. The number of hydrogen-bond donors (Lipinski definition) is 2. The van der Waals surface area contributed by atoms with Crippen molar-refractivity contribution in [3.63, 3.8) is 0 Å². The second-order valence-electron chi connectivity index (χ2n) is 6.29. The molecule has 2 aromatic rings. The van der Waals surface area contributed by atoms with Crippen molar-refractivity contribution in [2.24, 2.45) is 5.73 Å². The van der Waals surface area contributed by atoms with Gasteiger partial charge in [0, 0.05) is 30.9 Å². The maximum absolute atomic E-state index is 12.9. The molecule has 2 amide bonds. The third kappa shape index (κ3) is 5.20. The molecule has 0 unspecified atom stereocenters. The molecule has 3 rings (SSSR count).